The van der Waals surface area contributed by atoms with E-state index in [1.807, 2.05) is 0 Å². The summed E-state index contributed by atoms with van der Waals surface area (Å²) in [4.78, 5) is 4.57. The Kier molecular flexibility index (Phi) is 10.1. The van der Waals surface area contributed by atoms with Crippen molar-refractivity contribution in [2.24, 2.45) is 0 Å². The standard InChI is InChI=1S/C80H46N2O5/c1-3-13-47(14-4-1)51-19-11-21-53(37-51)81(57-29-33-63-73(41-57)83-69-35-25-49-17-7-9-23-59(49)79(63)69)55-27-31-61-65-43-77-67(45-75(65)85-71(61)39-55)68-46-76-66(44-78(68)87-77)62-32-28-56(40-72(62)86-76)82(54-22-12-20-52(38-54)48-15-5-2-6-16-48)58-30-34-64-74(42-58)84-70-36-26-50-18-8-10-24-60(50)80(64)70/h1-46H. The molecule has 19 aromatic rings. The summed E-state index contributed by atoms with van der Waals surface area (Å²) in [5, 5.41) is 15.0. The molecule has 0 saturated heterocycles. The highest BCUT2D eigenvalue weighted by Crippen LogP contribution is 2.47. The van der Waals surface area contributed by atoms with Gasteiger partial charge in [-0.1, -0.05) is 146 Å². The SMILES string of the molecule is c1ccc(-c2cccc(N(c3ccc4c(c3)oc3cc5c(cc34)oc3cc4c(cc35)oc3cc(N(c5cccc(-c6ccccc6)c5)c5ccc6c(c5)oc5ccc7ccccc7c56)ccc34)c3ccc4c(c3)oc3ccc5ccccc5c34)c2)cc1. The van der Waals surface area contributed by atoms with Crippen LogP contribution in [0, 0.1) is 0 Å². The van der Waals surface area contributed by atoms with Crippen molar-refractivity contribution >= 4 is 165 Å². The second kappa shape index (κ2) is 18.3. The Morgan fingerprint density at radius 3 is 0.897 bits per heavy atom. The van der Waals surface area contributed by atoms with Crippen LogP contribution in [-0.4, -0.2) is 0 Å². The molecule has 5 heterocycles. The molecule has 5 aromatic heterocycles. The highest BCUT2D eigenvalue weighted by Gasteiger charge is 2.23. The molecule has 14 aromatic carbocycles. The minimum atomic E-state index is 0.766. The van der Waals surface area contributed by atoms with Gasteiger partial charge in [-0.25, -0.2) is 0 Å². The molecule has 406 valence electrons. The molecule has 0 radical (unpaired) electrons. The number of anilines is 6. The second-order valence-corrected chi connectivity index (χ2v) is 22.7. The van der Waals surface area contributed by atoms with E-state index in [1.165, 1.54) is 21.5 Å². The summed E-state index contributed by atoms with van der Waals surface area (Å²) in [6, 6.07) is 98.4. The zero-order valence-electron chi connectivity index (χ0n) is 46.5. The van der Waals surface area contributed by atoms with E-state index in [4.69, 9.17) is 22.1 Å². The minimum Gasteiger partial charge on any atom is -0.456 e. The lowest BCUT2D eigenvalue weighted by atomic mass is 10.0. The molecule has 0 amide bonds. The predicted molar refractivity (Wildman–Crippen MR) is 358 cm³/mol. The number of rotatable bonds is 8. The van der Waals surface area contributed by atoms with Crippen molar-refractivity contribution in [3.05, 3.63) is 279 Å². The van der Waals surface area contributed by atoms with Crippen LogP contribution in [0.3, 0.4) is 0 Å². The molecule has 0 bridgehead atoms. The first-order valence-electron chi connectivity index (χ1n) is 29.3. The van der Waals surface area contributed by atoms with Crippen molar-refractivity contribution in [2.45, 2.75) is 0 Å². The van der Waals surface area contributed by atoms with Crippen LogP contribution in [0.1, 0.15) is 0 Å². The minimum absolute atomic E-state index is 0.766. The number of fused-ring (bicyclic) bond motifs is 19. The smallest absolute Gasteiger partial charge is 0.137 e. The lowest BCUT2D eigenvalue weighted by molar-refractivity contribution is 0.662. The molecule has 87 heavy (non-hydrogen) atoms. The average Bonchev–Trinajstić information content (AvgIpc) is 2.66. The Hall–Kier alpha value is -11.8. The van der Waals surface area contributed by atoms with E-state index in [1.54, 1.807) is 0 Å². The number of benzene rings is 14. The highest BCUT2D eigenvalue weighted by molar-refractivity contribution is 6.22. The summed E-state index contributed by atoms with van der Waals surface area (Å²) in [5.41, 5.74) is 18.4. The van der Waals surface area contributed by atoms with Crippen LogP contribution in [-0.2, 0) is 0 Å². The largest absolute Gasteiger partial charge is 0.456 e. The van der Waals surface area contributed by atoms with Crippen molar-refractivity contribution in [3.63, 3.8) is 0 Å². The van der Waals surface area contributed by atoms with Crippen molar-refractivity contribution in [3.8, 4) is 22.3 Å². The zero-order chi connectivity index (χ0) is 56.8. The fraction of sp³-hybridized carbons (Fsp3) is 0. The Morgan fingerprint density at radius 2 is 0.483 bits per heavy atom. The molecule has 0 N–H and O–H groups in total. The summed E-state index contributed by atoms with van der Waals surface area (Å²) < 4.78 is 33.9. The van der Waals surface area contributed by atoms with E-state index in [0.29, 0.717) is 0 Å². The number of furan rings is 5. The van der Waals surface area contributed by atoms with Gasteiger partial charge in [0.25, 0.3) is 0 Å². The topological polar surface area (TPSA) is 72.2 Å². The lowest BCUT2D eigenvalue weighted by Gasteiger charge is -2.26. The van der Waals surface area contributed by atoms with Crippen LogP contribution in [0.5, 0.6) is 0 Å². The third kappa shape index (κ3) is 7.43. The molecule has 0 unspecified atom stereocenters. The predicted octanol–water partition coefficient (Wildman–Crippen LogP) is 23.8. The quantitative estimate of drug-likeness (QED) is 0.150. The Labute approximate surface area is 495 Å². The van der Waals surface area contributed by atoms with Gasteiger partial charge in [-0.05, 0) is 153 Å². The molecular weight excluding hydrogens is 1070 g/mol. The molecule has 0 aliphatic rings. The van der Waals surface area contributed by atoms with Crippen LogP contribution in [0.15, 0.2) is 301 Å². The maximum atomic E-state index is 6.90. The van der Waals surface area contributed by atoms with Crippen molar-refractivity contribution in [1.82, 2.24) is 0 Å². The average molecular weight is 1120 g/mol. The van der Waals surface area contributed by atoms with Gasteiger partial charge in [0, 0.05) is 112 Å². The third-order valence-electron chi connectivity index (χ3n) is 17.8. The van der Waals surface area contributed by atoms with E-state index >= 15 is 0 Å². The van der Waals surface area contributed by atoms with Gasteiger partial charge in [-0.3, -0.25) is 0 Å². The van der Waals surface area contributed by atoms with Gasteiger partial charge in [-0.2, -0.15) is 0 Å². The van der Waals surface area contributed by atoms with Crippen LogP contribution in [0.2, 0.25) is 0 Å². The van der Waals surface area contributed by atoms with Gasteiger partial charge in [0.2, 0.25) is 0 Å². The molecule has 7 nitrogen and oxygen atoms in total. The zero-order valence-corrected chi connectivity index (χ0v) is 46.5. The van der Waals surface area contributed by atoms with Gasteiger partial charge >= 0.3 is 0 Å². The maximum absolute atomic E-state index is 6.90. The van der Waals surface area contributed by atoms with Gasteiger partial charge in [0.15, 0.2) is 0 Å². The third-order valence-corrected chi connectivity index (χ3v) is 17.8. The second-order valence-electron chi connectivity index (χ2n) is 22.7. The normalized spacial score (nSPS) is 12.1. The van der Waals surface area contributed by atoms with Crippen LogP contribution in [0.4, 0.5) is 34.1 Å². The first-order valence-corrected chi connectivity index (χ1v) is 29.3. The molecule has 0 saturated carbocycles. The summed E-state index contributed by atoms with van der Waals surface area (Å²) in [5.74, 6) is 0. The Bertz CT molecular complexity index is 5670. The van der Waals surface area contributed by atoms with E-state index < -0.39 is 0 Å². The van der Waals surface area contributed by atoms with E-state index in [9.17, 15) is 0 Å². The highest BCUT2D eigenvalue weighted by atomic mass is 16.3. The monoisotopic (exact) mass is 1110 g/mol. The molecule has 0 spiro atoms. The molecular formula is C80H46N2O5. The van der Waals surface area contributed by atoms with Gasteiger partial charge in [0.1, 0.15) is 55.8 Å². The Balaban J connectivity index is 0.716. The van der Waals surface area contributed by atoms with E-state index in [-0.39, 0.29) is 0 Å². The number of hydrogen-bond acceptors (Lipinski definition) is 7. The van der Waals surface area contributed by atoms with Crippen molar-refractivity contribution in [2.75, 3.05) is 9.80 Å². The first-order chi connectivity index (χ1) is 43.0. The summed E-state index contributed by atoms with van der Waals surface area (Å²) in [7, 11) is 0. The van der Waals surface area contributed by atoms with Crippen LogP contribution in [0.25, 0.3) is 153 Å². The van der Waals surface area contributed by atoms with Gasteiger partial charge in [-0.15, -0.1) is 0 Å². The Morgan fingerprint density at radius 1 is 0.172 bits per heavy atom. The molecule has 7 heteroatoms. The van der Waals surface area contributed by atoms with Gasteiger partial charge < -0.3 is 31.9 Å². The fourth-order valence-electron chi connectivity index (χ4n) is 13.7. The summed E-state index contributed by atoms with van der Waals surface area (Å²) >= 11 is 0. The lowest BCUT2D eigenvalue weighted by Crippen LogP contribution is -2.09. The van der Waals surface area contributed by atoms with Crippen LogP contribution < -0.4 is 9.80 Å². The maximum Gasteiger partial charge on any atom is 0.137 e. The molecule has 0 aliphatic heterocycles. The number of nitrogens with zero attached hydrogens (tertiary/aromatic N) is 2. The molecule has 0 atom stereocenters. The summed E-state index contributed by atoms with van der Waals surface area (Å²) in [6.07, 6.45) is 0. The van der Waals surface area contributed by atoms with Crippen LogP contribution >= 0.6 is 0 Å². The van der Waals surface area contributed by atoms with E-state index in [2.05, 4.69) is 289 Å². The molecule has 19 rings (SSSR count). The summed E-state index contributed by atoms with van der Waals surface area (Å²) in [6.45, 7) is 0. The molecule has 0 fully saturated rings. The van der Waals surface area contributed by atoms with E-state index in [0.717, 1.165) is 166 Å². The number of hydrogen-bond donors (Lipinski definition) is 0. The van der Waals surface area contributed by atoms with Crippen molar-refractivity contribution < 1.29 is 22.1 Å². The van der Waals surface area contributed by atoms with Gasteiger partial charge in [0.05, 0.1) is 0 Å². The molecule has 0 aliphatic carbocycles. The fourth-order valence-corrected chi connectivity index (χ4v) is 13.7. The first kappa shape index (κ1) is 47.7. The van der Waals surface area contributed by atoms with Crippen molar-refractivity contribution in [1.29, 1.82) is 0 Å².